The molecule has 21 heavy (non-hydrogen) atoms. The molecule has 108 valence electrons. The quantitative estimate of drug-likeness (QED) is 0.652. The van der Waals surface area contributed by atoms with Crippen LogP contribution in [0.25, 0.3) is 0 Å². The summed E-state index contributed by atoms with van der Waals surface area (Å²) >= 11 is 3.23. The smallest absolute Gasteiger partial charge is 0.282 e. The number of nitro groups is 1. The van der Waals surface area contributed by atoms with Gasteiger partial charge in [0, 0.05) is 29.5 Å². The Bertz CT molecular complexity index is 688. The van der Waals surface area contributed by atoms with E-state index in [1.807, 2.05) is 0 Å². The SMILES string of the molecule is CNc1ccc([N+](=O)[O-])c(C(=O)Nc2ccc(Br)cn2)c1. The van der Waals surface area contributed by atoms with Crippen molar-refractivity contribution < 1.29 is 9.72 Å². The van der Waals surface area contributed by atoms with Gasteiger partial charge in [-0.15, -0.1) is 0 Å². The number of rotatable bonds is 4. The van der Waals surface area contributed by atoms with E-state index in [0.717, 1.165) is 4.47 Å². The van der Waals surface area contributed by atoms with Gasteiger partial charge in [0.15, 0.2) is 0 Å². The van der Waals surface area contributed by atoms with Gasteiger partial charge in [-0.2, -0.15) is 0 Å². The Labute approximate surface area is 128 Å². The molecule has 0 aliphatic rings. The summed E-state index contributed by atoms with van der Waals surface area (Å²) in [6.07, 6.45) is 1.52. The fourth-order valence-electron chi connectivity index (χ4n) is 1.67. The van der Waals surface area contributed by atoms with Crippen molar-refractivity contribution in [2.24, 2.45) is 0 Å². The van der Waals surface area contributed by atoms with E-state index in [1.54, 1.807) is 19.2 Å². The third-order valence-corrected chi connectivity index (χ3v) is 3.16. The number of nitro benzene ring substituents is 1. The normalized spacial score (nSPS) is 10.0. The molecule has 0 spiro atoms. The largest absolute Gasteiger partial charge is 0.388 e. The maximum absolute atomic E-state index is 12.2. The first kappa shape index (κ1) is 14.9. The van der Waals surface area contributed by atoms with Crippen molar-refractivity contribution >= 4 is 39.0 Å². The fourth-order valence-corrected chi connectivity index (χ4v) is 1.90. The van der Waals surface area contributed by atoms with Crippen molar-refractivity contribution in [1.82, 2.24) is 4.98 Å². The maximum atomic E-state index is 12.2. The van der Waals surface area contributed by atoms with E-state index >= 15 is 0 Å². The van der Waals surface area contributed by atoms with E-state index in [0.29, 0.717) is 11.5 Å². The van der Waals surface area contributed by atoms with Gasteiger partial charge in [0.1, 0.15) is 11.4 Å². The highest BCUT2D eigenvalue weighted by Crippen LogP contribution is 2.23. The molecule has 0 aliphatic heterocycles. The highest BCUT2D eigenvalue weighted by atomic mass is 79.9. The molecule has 0 aliphatic carbocycles. The van der Waals surface area contributed by atoms with Gasteiger partial charge in [-0.3, -0.25) is 14.9 Å². The summed E-state index contributed by atoms with van der Waals surface area (Å²) in [5, 5.41) is 16.4. The minimum atomic E-state index is -0.594. The van der Waals surface area contributed by atoms with Crippen molar-refractivity contribution in [2.45, 2.75) is 0 Å². The lowest BCUT2D eigenvalue weighted by Gasteiger charge is -2.07. The predicted molar refractivity (Wildman–Crippen MR) is 82.5 cm³/mol. The first-order valence-corrected chi connectivity index (χ1v) is 6.69. The number of nitrogens with zero attached hydrogens (tertiary/aromatic N) is 2. The lowest BCUT2D eigenvalue weighted by molar-refractivity contribution is -0.385. The Kier molecular flexibility index (Phi) is 4.49. The second-order valence-corrected chi connectivity index (χ2v) is 4.97. The molecular formula is C13H11BrN4O3. The minimum Gasteiger partial charge on any atom is -0.388 e. The number of pyridine rings is 1. The molecule has 0 unspecified atom stereocenters. The topological polar surface area (TPSA) is 97.2 Å². The monoisotopic (exact) mass is 350 g/mol. The lowest BCUT2D eigenvalue weighted by Crippen LogP contribution is -2.15. The minimum absolute atomic E-state index is 0.0310. The summed E-state index contributed by atoms with van der Waals surface area (Å²) in [6.45, 7) is 0. The van der Waals surface area contributed by atoms with Gasteiger partial charge in [-0.1, -0.05) is 0 Å². The third kappa shape index (κ3) is 3.54. The van der Waals surface area contributed by atoms with Gasteiger partial charge in [0.25, 0.3) is 11.6 Å². The van der Waals surface area contributed by atoms with Crippen LogP contribution in [0.4, 0.5) is 17.2 Å². The van der Waals surface area contributed by atoms with Crippen LogP contribution in [0.5, 0.6) is 0 Å². The second kappa shape index (κ2) is 6.31. The van der Waals surface area contributed by atoms with Gasteiger partial charge in [0.2, 0.25) is 0 Å². The van der Waals surface area contributed by atoms with Crippen molar-refractivity contribution in [3.05, 3.63) is 56.7 Å². The standard InChI is InChI=1S/C13H11BrN4O3/c1-15-9-3-4-11(18(20)21)10(6-9)13(19)17-12-5-2-8(14)7-16-12/h2-7,15H,1H3,(H,16,17,19). The number of benzene rings is 1. The van der Waals surface area contributed by atoms with Crippen LogP contribution in [-0.4, -0.2) is 22.9 Å². The van der Waals surface area contributed by atoms with Crippen LogP contribution in [0.3, 0.4) is 0 Å². The Morgan fingerprint density at radius 3 is 2.67 bits per heavy atom. The number of aromatic nitrogens is 1. The fraction of sp³-hybridized carbons (Fsp3) is 0.0769. The molecule has 1 amide bonds. The molecule has 8 heteroatoms. The summed E-state index contributed by atoms with van der Waals surface area (Å²) in [7, 11) is 1.67. The van der Waals surface area contributed by atoms with Gasteiger partial charge < -0.3 is 10.6 Å². The summed E-state index contributed by atoms with van der Waals surface area (Å²) in [4.78, 5) is 26.6. The number of carbonyl (C=O) groups excluding carboxylic acids is 1. The van der Waals surface area contributed by atoms with Crippen LogP contribution >= 0.6 is 15.9 Å². The van der Waals surface area contributed by atoms with E-state index < -0.39 is 10.8 Å². The van der Waals surface area contributed by atoms with Crippen molar-refractivity contribution in [2.75, 3.05) is 17.7 Å². The molecule has 2 N–H and O–H groups in total. The number of nitrogens with one attached hydrogen (secondary N) is 2. The average Bonchev–Trinajstić information content (AvgIpc) is 2.48. The van der Waals surface area contributed by atoms with E-state index in [1.165, 1.54) is 24.4 Å². The Hall–Kier alpha value is -2.48. The molecule has 0 saturated carbocycles. The van der Waals surface area contributed by atoms with Crippen LogP contribution in [0.2, 0.25) is 0 Å². The lowest BCUT2D eigenvalue weighted by atomic mass is 10.1. The first-order valence-electron chi connectivity index (χ1n) is 5.90. The van der Waals surface area contributed by atoms with Crippen molar-refractivity contribution in [1.29, 1.82) is 0 Å². The van der Waals surface area contributed by atoms with Gasteiger partial charge in [-0.05, 0) is 40.2 Å². The number of halogens is 1. The molecule has 0 saturated heterocycles. The molecule has 7 nitrogen and oxygen atoms in total. The third-order valence-electron chi connectivity index (χ3n) is 2.70. The van der Waals surface area contributed by atoms with Gasteiger partial charge in [-0.25, -0.2) is 4.98 Å². The molecule has 2 rings (SSSR count). The molecule has 0 fully saturated rings. The predicted octanol–water partition coefficient (Wildman–Crippen LogP) is 3.05. The number of hydrogen-bond acceptors (Lipinski definition) is 5. The van der Waals surface area contributed by atoms with E-state index in [4.69, 9.17) is 0 Å². The highest BCUT2D eigenvalue weighted by Gasteiger charge is 2.20. The van der Waals surface area contributed by atoms with Crippen molar-refractivity contribution in [3.63, 3.8) is 0 Å². The zero-order valence-corrected chi connectivity index (χ0v) is 12.5. The van der Waals surface area contributed by atoms with Gasteiger partial charge >= 0.3 is 0 Å². The number of anilines is 2. The summed E-state index contributed by atoms with van der Waals surface area (Å²) in [5.41, 5.74) is 0.315. The number of amides is 1. The molecule has 2 aromatic rings. The highest BCUT2D eigenvalue weighted by molar-refractivity contribution is 9.10. The summed E-state index contributed by atoms with van der Waals surface area (Å²) in [5.74, 6) is -0.277. The maximum Gasteiger partial charge on any atom is 0.282 e. The Morgan fingerprint density at radius 2 is 2.10 bits per heavy atom. The molecule has 1 heterocycles. The zero-order chi connectivity index (χ0) is 15.4. The average molecular weight is 351 g/mol. The van der Waals surface area contributed by atoms with Crippen LogP contribution in [-0.2, 0) is 0 Å². The summed E-state index contributed by atoms with van der Waals surface area (Å²) in [6, 6.07) is 7.55. The van der Waals surface area contributed by atoms with Crippen LogP contribution < -0.4 is 10.6 Å². The van der Waals surface area contributed by atoms with E-state index in [2.05, 4.69) is 31.5 Å². The molecule has 0 atom stereocenters. The van der Waals surface area contributed by atoms with Crippen LogP contribution in [0.1, 0.15) is 10.4 Å². The molecular weight excluding hydrogens is 340 g/mol. The summed E-state index contributed by atoms with van der Waals surface area (Å²) < 4.78 is 0.767. The second-order valence-electron chi connectivity index (χ2n) is 4.05. The number of carbonyl (C=O) groups is 1. The number of hydrogen-bond donors (Lipinski definition) is 2. The Morgan fingerprint density at radius 1 is 1.33 bits per heavy atom. The van der Waals surface area contributed by atoms with E-state index in [9.17, 15) is 14.9 Å². The van der Waals surface area contributed by atoms with Crippen molar-refractivity contribution in [3.8, 4) is 0 Å². The molecule has 0 bridgehead atoms. The first-order chi connectivity index (χ1) is 10.0. The molecule has 0 radical (unpaired) electrons. The van der Waals surface area contributed by atoms with Crippen LogP contribution in [0, 0.1) is 10.1 Å². The van der Waals surface area contributed by atoms with Gasteiger partial charge in [0.05, 0.1) is 4.92 Å². The molecule has 1 aromatic carbocycles. The van der Waals surface area contributed by atoms with E-state index in [-0.39, 0.29) is 11.3 Å². The zero-order valence-electron chi connectivity index (χ0n) is 11.0. The van der Waals surface area contributed by atoms with Crippen LogP contribution in [0.15, 0.2) is 41.0 Å². The Balaban J connectivity index is 2.33. The molecule has 1 aromatic heterocycles.